The summed E-state index contributed by atoms with van der Waals surface area (Å²) in [6.07, 6.45) is 2.52. The minimum atomic E-state index is -4.07. The number of hydrogen-bond donors (Lipinski definition) is 2. The van der Waals surface area contributed by atoms with Crippen LogP contribution in [0.2, 0.25) is 0 Å². The van der Waals surface area contributed by atoms with Gasteiger partial charge in [-0.25, -0.2) is 17.9 Å². The topological polar surface area (TPSA) is 120 Å². The fourth-order valence-electron chi connectivity index (χ4n) is 2.57. The lowest BCUT2D eigenvalue weighted by atomic mass is 10.1. The first-order chi connectivity index (χ1) is 12.9. The highest BCUT2D eigenvalue weighted by Gasteiger charge is 2.25. The van der Waals surface area contributed by atoms with Crippen LogP contribution in [0.1, 0.15) is 10.4 Å². The monoisotopic (exact) mass is 387 g/mol. The Morgan fingerprint density at radius 2 is 1.85 bits per heavy atom. The number of carboxylic acids is 1. The van der Waals surface area contributed by atoms with Gasteiger partial charge in [-0.2, -0.15) is 5.10 Å². The molecule has 3 aromatic rings. The van der Waals surface area contributed by atoms with Crippen molar-refractivity contribution in [2.45, 2.75) is 4.90 Å². The highest BCUT2D eigenvalue weighted by Crippen LogP contribution is 2.37. The van der Waals surface area contributed by atoms with Crippen LogP contribution in [0.4, 0.5) is 5.69 Å². The molecule has 0 saturated heterocycles. The molecule has 0 unspecified atom stereocenters. The van der Waals surface area contributed by atoms with Crippen LogP contribution in [0.3, 0.4) is 0 Å². The van der Waals surface area contributed by atoms with E-state index in [1.54, 1.807) is 24.3 Å². The van der Waals surface area contributed by atoms with Gasteiger partial charge in [0.05, 0.1) is 29.3 Å². The molecular weight excluding hydrogens is 374 g/mol. The van der Waals surface area contributed by atoms with E-state index >= 15 is 0 Å². The van der Waals surface area contributed by atoms with Crippen LogP contribution in [-0.2, 0) is 10.0 Å². The molecule has 4 rings (SSSR count). The summed E-state index contributed by atoms with van der Waals surface area (Å²) < 4.78 is 39.4. The fourth-order valence-corrected chi connectivity index (χ4v) is 3.57. The van der Waals surface area contributed by atoms with Crippen molar-refractivity contribution >= 4 is 21.7 Å². The van der Waals surface area contributed by atoms with E-state index in [2.05, 4.69) is 9.82 Å². The molecule has 0 atom stereocenters. The standard InChI is InChI=1S/C17H13N3O6S/c21-17(22)13-6-15-16(26-10-25-15)7-14(13)19-27(23,24)12-8-18-20(9-12)11-4-2-1-3-5-11/h1-9,19H,10H2,(H,21,22). The third kappa shape index (κ3) is 3.17. The van der Waals surface area contributed by atoms with Crippen LogP contribution in [0.15, 0.2) is 59.8 Å². The second-order valence-corrected chi connectivity index (χ2v) is 7.30. The van der Waals surface area contributed by atoms with Gasteiger partial charge in [0.25, 0.3) is 10.0 Å². The van der Waals surface area contributed by atoms with Crippen molar-refractivity contribution in [2.24, 2.45) is 0 Å². The molecule has 0 spiro atoms. The van der Waals surface area contributed by atoms with Crippen molar-refractivity contribution in [3.8, 4) is 17.2 Å². The minimum Gasteiger partial charge on any atom is -0.478 e. The average molecular weight is 387 g/mol. The SMILES string of the molecule is O=C(O)c1cc2c(cc1NS(=O)(=O)c1cnn(-c3ccccc3)c1)OCO2. The quantitative estimate of drug-likeness (QED) is 0.688. The maximum absolute atomic E-state index is 12.7. The number of aromatic nitrogens is 2. The highest BCUT2D eigenvalue weighted by atomic mass is 32.2. The zero-order chi connectivity index (χ0) is 19.0. The highest BCUT2D eigenvalue weighted by molar-refractivity contribution is 7.92. The van der Waals surface area contributed by atoms with Crippen molar-refractivity contribution in [1.82, 2.24) is 9.78 Å². The molecule has 138 valence electrons. The van der Waals surface area contributed by atoms with Crippen LogP contribution < -0.4 is 14.2 Å². The van der Waals surface area contributed by atoms with Crippen LogP contribution in [0.5, 0.6) is 11.5 Å². The molecule has 0 amide bonds. The third-order valence-electron chi connectivity index (χ3n) is 3.88. The number of carboxylic acid groups (broad SMARTS) is 1. The maximum atomic E-state index is 12.7. The van der Waals surface area contributed by atoms with E-state index in [1.807, 2.05) is 6.07 Å². The normalized spacial score (nSPS) is 12.7. The summed E-state index contributed by atoms with van der Waals surface area (Å²) in [5.41, 5.74) is 0.311. The number of fused-ring (bicyclic) bond motifs is 1. The minimum absolute atomic E-state index is 0.0611. The first kappa shape index (κ1) is 16.9. The second kappa shape index (κ2) is 6.32. The lowest BCUT2D eigenvalue weighted by Crippen LogP contribution is -2.15. The van der Waals surface area contributed by atoms with Gasteiger partial charge < -0.3 is 14.6 Å². The molecule has 1 aromatic heterocycles. The van der Waals surface area contributed by atoms with Crippen molar-refractivity contribution in [3.63, 3.8) is 0 Å². The zero-order valence-electron chi connectivity index (χ0n) is 13.7. The Hall–Kier alpha value is -3.53. The summed E-state index contributed by atoms with van der Waals surface area (Å²) in [5.74, 6) is -0.795. The predicted octanol–water partition coefficient (Wildman–Crippen LogP) is 2.10. The second-order valence-electron chi connectivity index (χ2n) is 5.62. The van der Waals surface area contributed by atoms with Crippen molar-refractivity contribution in [1.29, 1.82) is 0 Å². The number of carbonyl (C=O) groups is 1. The van der Waals surface area contributed by atoms with Gasteiger partial charge in [0.2, 0.25) is 6.79 Å². The number of rotatable bonds is 5. The molecule has 0 aliphatic carbocycles. The smallest absolute Gasteiger partial charge is 0.337 e. The van der Waals surface area contributed by atoms with Gasteiger partial charge >= 0.3 is 5.97 Å². The van der Waals surface area contributed by atoms with E-state index in [1.165, 1.54) is 29.2 Å². The Labute approximate surface area is 153 Å². The summed E-state index contributed by atoms with van der Waals surface area (Å²) in [4.78, 5) is 11.4. The van der Waals surface area contributed by atoms with Crippen molar-refractivity contribution < 1.29 is 27.8 Å². The molecule has 0 fully saturated rings. The summed E-state index contributed by atoms with van der Waals surface area (Å²) in [5, 5.41) is 13.4. The average Bonchev–Trinajstić information content (AvgIpc) is 3.31. The molecule has 10 heteroatoms. The van der Waals surface area contributed by atoms with E-state index in [0.29, 0.717) is 5.69 Å². The Morgan fingerprint density at radius 3 is 2.56 bits per heavy atom. The van der Waals surface area contributed by atoms with Crippen LogP contribution in [0.25, 0.3) is 5.69 Å². The van der Waals surface area contributed by atoms with Gasteiger partial charge in [0.1, 0.15) is 4.90 Å². The number of nitrogens with one attached hydrogen (secondary N) is 1. The van der Waals surface area contributed by atoms with Gasteiger partial charge in [-0.1, -0.05) is 18.2 Å². The van der Waals surface area contributed by atoms with Gasteiger partial charge in [0, 0.05) is 12.1 Å². The first-order valence-corrected chi connectivity index (χ1v) is 9.22. The number of nitrogens with zero attached hydrogens (tertiary/aromatic N) is 2. The maximum Gasteiger partial charge on any atom is 0.337 e. The molecule has 0 radical (unpaired) electrons. The van der Waals surface area contributed by atoms with Gasteiger partial charge in [-0.05, 0) is 12.1 Å². The van der Waals surface area contributed by atoms with Gasteiger partial charge in [-0.15, -0.1) is 0 Å². The summed E-state index contributed by atoms with van der Waals surface area (Å²) in [7, 11) is -4.07. The molecule has 2 heterocycles. The predicted molar refractivity (Wildman–Crippen MR) is 93.9 cm³/mol. The van der Waals surface area contributed by atoms with E-state index in [0.717, 1.165) is 0 Å². The Morgan fingerprint density at radius 1 is 1.15 bits per heavy atom. The van der Waals surface area contributed by atoms with Crippen molar-refractivity contribution in [2.75, 3.05) is 11.5 Å². The Kier molecular flexibility index (Phi) is 3.96. The van der Waals surface area contributed by atoms with E-state index < -0.39 is 16.0 Å². The van der Waals surface area contributed by atoms with E-state index in [-0.39, 0.29) is 34.4 Å². The van der Waals surface area contributed by atoms with Gasteiger partial charge in [0.15, 0.2) is 11.5 Å². The fraction of sp³-hybridized carbons (Fsp3) is 0.0588. The van der Waals surface area contributed by atoms with Crippen LogP contribution >= 0.6 is 0 Å². The first-order valence-electron chi connectivity index (χ1n) is 7.74. The third-order valence-corrected chi connectivity index (χ3v) is 5.20. The molecule has 2 N–H and O–H groups in total. The van der Waals surface area contributed by atoms with Crippen LogP contribution in [0, 0.1) is 0 Å². The summed E-state index contributed by atoms with van der Waals surface area (Å²) in [6, 6.07) is 11.5. The largest absolute Gasteiger partial charge is 0.478 e. The van der Waals surface area contributed by atoms with Crippen LogP contribution in [-0.4, -0.2) is 36.1 Å². The molecule has 27 heavy (non-hydrogen) atoms. The Bertz CT molecular complexity index is 1120. The number of anilines is 1. The summed E-state index contributed by atoms with van der Waals surface area (Å²) in [6.45, 7) is -0.0611. The number of hydrogen-bond acceptors (Lipinski definition) is 6. The Balaban J connectivity index is 1.68. The molecule has 1 aliphatic rings. The lowest BCUT2D eigenvalue weighted by molar-refractivity contribution is 0.0697. The van der Waals surface area contributed by atoms with Gasteiger partial charge in [-0.3, -0.25) is 4.72 Å². The lowest BCUT2D eigenvalue weighted by Gasteiger charge is -2.10. The molecule has 2 aromatic carbocycles. The van der Waals surface area contributed by atoms with E-state index in [4.69, 9.17) is 9.47 Å². The number of ether oxygens (including phenoxy) is 2. The number of sulfonamides is 1. The zero-order valence-corrected chi connectivity index (χ0v) is 14.5. The van der Waals surface area contributed by atoms with E-state index in [9.17, 15) is 18.3 Å². The molecule has 9 nitrogen and oxygen atoms in total. The number of para-hydroxylation sites is 1. The molecule has 1 aliphatic heterocycles. The number of aromatic carboxylic acids is 1. The summed E-state index contributed by atoms with van der Waals surface area (Å²) >= 11 is 0. The molecule has 0 saturated carbocycles. The molecule has 0 bridgehead atoms. The number of benzene rings is 2. The molecular formula is C17H13N3O6S. The van der Waals surface area contributed by atoms with Crippen molar-refractivity contribution in [3.05, 3.63) is 60.4 Å².